The van der Waals surface area contributed by atoms with Crippen molar-refractivity contribution in [2.45, 2.75) is 0 Å². The minimum absolute atomic E-state index is 0.151. The van der Waals surface area contributed by atoms with Crippen molar-refractivity contribution in [1.82, 2.24) is 9.97 Å². The standard InChI is InChI=1S/C9H8N2O2/c12-8-4-2-1-3-6(8)7-5-10-9(13)11-7/h1-5,12H,(H2,10,11,13). The third-order valence-corrected chi connectivity index (χ3v) is 1.79. The molecule has 4 heteroatoms. The summed E-state index contributed by atoms with van der Waals surface area (Å²) in [5, 5.41) is 9.44. The average Bonchev–Trinajstić information content (AvgIpc) is 2.53. The molecule has 0 bridgehead atoms. The Bertz CT molecular complexity index is 470. The summed E-state index contributed by atoms with van der Waals surface area (Å²) in [7, 11) is 0. The molecule has 0 radical (unpaired) electrons. The number of phenols is 1. The van der Waals surface area contributed by atoms with Crippen LogP contribution in [0.4, 0.5) is 0 Å². The molecule has 13 heavy (non-hydrogen) atoms. The number of hydrogen-bond acceptors (Lipinski definition) is 2. The topological polar surface area (TPSA) is 68.9 Å². The number of imidazole rings is 1. The molecule has 0 atom stereocenters. The zero-order valence-electron chi connectivity index (χ0n) is 6.74. The first-order chi connectivity index (χ1) is 6.27. The Morgan fingerprint density at radius 2 is 2.00 bits per heavy atom. The number of phenolic OH excluding ortho intramolecular Hbond substituents is 1. The molecule has 1 aromatic carbocycles. The number of aromatic nitrogens is 2. The minimum atomic E-state index is -0.279. The molecule has 0 saturated heterocycles. The summed E-state index contributed by atoms with van der Waals surface area (Å²) in [5.74, 6) is 0.151. The predicted molar refractivity (Wildman–Crippen MR) is 48.5 cm³/mol. The van der Waals surface area contributed by atoms with E-state index in [1.165, 1.54) is 6.20 Å². The number of aromatic amines is 2. The summed E-state index contributed by atoms with van der Waals surface area (Å²) < 4.78 is 0. The van der Waals surface area contributed by atoms with Crippen molar-refractivity contribution in [2.75, 3.05) is 0 Å². The number of rotatable bonds is 1. The summed E-state index contributed by atoms with van der Waals surface area (Å²) >= 11 is 0. The molecule has 0 saturated carbocycles. The molecule has 1 aromatic heterocycles. The van der Waals surface area contributed by atoms with Gasteiger partial charge in [0.1, 0.15) is 5.75 Å². The van der Waals surface area contributed by atoms with Crippen molar-refractivity contribution in [2.24, 2.45) is 0 Å². The Balaban J connectivity index is 2.58. The molecule has 0 aliphatic rings. The van der Waals surface area contributed by atoms with E-state index in [9.17, 15) is 9.90 Å². The van der Waals surface area contributed by atoms with Gasteiger partial charge in [-0.25, -0.2) is 4.79 Å². The summed E-state index contributed by atoms with van der Waals surface area (Å²) in [5.41, 5.74) is 0.919. The van der Waals surface area contributed by atoms with Crippen molar-refractivity contribution in [3.05, 3.63) is 40.9 Å². The molecule has 1 heterocycles. The number of aromatic hydroxyl groups is 1. The molecule has 4 nitrogen and oxygen atoms in total. The predicted octanol–water partition coefficient (Wildman–Crippen LogP) is 1.08. The zero-order valence-corrected chi connectivity index (χ0v) is 6.74. The second-order valence-corrected chi connectivity index (χ2v) is 2.67. The molecule has 0 aliphatic heterocycles. The van der Waals surface area contributed by atoms with Gasteiger partial charge in [-0.1, -0.05) is 12.1 Å². The van der Waals surface area contributed by atoms with Gasteiger partial charge in [0.25, 0.3) is 0 Å². The zero-order chi connectivity index (χ0) is 9.26. The molecule has 0 fully saturated rings. The molecule has 0 spiro atoms. The fraction of sp³-hybridized carbons (Fsp3) is 0. The van der Waals surface area contributed by atoms with E-state index in [-0.39, 0.29) is 11.4 Å². The van der Waals surface area contributed by atoms with E-state index < -0.39 is 0 Å². The van der Waals surface area contributed by atoms with Crippen LogP contribution >= 0.6 is 0 Å². The molecule has 66 valence electrons. The van der Waals surface area contributed by atoms with E-state index in [0.29, 0.717) is 11.3 Å². The van der Waals surface area contributed by atoms with E-state index in [2.05, 4.69) is 9.97 Å². The van der Waals surface area contributed by atoms with Crippen LogP contribution in [0.15, 0.2) is 35.3 Å². The Labute approximate surface area is 73.9 Å². The maximum Gasteiger partial charge on any atom is 0.323 e. The maximum absolute atomic E-state index is 10.8. The number of para-hydroxylation sites is 1. The third-order valence-electron chi connectivity index (χ3n) is 1.79. The van der Waals surface area contributed by atoms with Crippen LogP contribution in [0.25, 0.3) is 11.3 Å². The van der Waals surface area contributed by atoms with E-state index >= 15 is 0 Å². The van der Waals surface area contributed by atoms with Crippen molar-refractivity contribution in [3.63, 3.8) is 0 Å². The largest absolute Gasteiger partial charge is 0.507 e. The smallest absolute Gasteiger partial charge is 0.323 e. The van der Waals surface area contributed by atoms with Gasteiger partial charge in [-0.2, -0.15) is 0 Å². The molecule has 0 amide bonds. The SMILES string of the molecule is O=c1[nH]cc(-c2ccccc2O)[nH]1. The van der Waals surface area contributed by atoms with Crippen LogP contribution < -0.4 is 5.69 Å². The van der Waals surface area contributed by atoms with Crippen molar-refractivity contribution in [3.8, 4) is 17.0 Å². The van der Waals surface area contributed by atoms with Gasteiger partial charge < -0.3 is 15.1 Å². The molecule has 2 rings (SSSR count). The molecule has 0 aliphatic carbocycles. The highest BCUT2D eigenvalue weighted by Crippen LogP contribution is 2.25. The molecule has 0 unspecified atom stereocenters. The monoisotopic (exact) mass is 176 g/mol. The van der Waals surface area contributed by atoms with Crippen molar-refractivity contribution in [1.29, 1.82) is 0 Å². The lowest BCUT2D eigenvalue weighted by Crippen LogP contribution is -1.99. The third kappa shape index (κ3) is 1.33. The maximum atomic E-state index is 10.8. The molecule has 3 N–H and O–H groups in total. The van der Waals surface area contributed by atoms with E-state index in [0.717, 1.165) is 0 Å². The summed E-state index contributed by atoms with van der Waals surface area (Å²) in [4.78, 5) is 15.8. The highest BCUT2D eigenvalue weighted by Gasteiger charge is 2.03. The lowest BCUT2D eigenvalue weighted by atomic mass is 10.1. The second-order valence-electron chi connectivity index (χ2n) is 2.67. The first-order valence-electron chi connectivity index (χ1n) is 3.83. The van der Waals surface area contributed by atoms with Gasteiger partial charge in [0.2, 0.25) is 0 Å². The van der Waals surface area contributed by atoms with Gasteiger partial charge in [0, 0.05) is 11.8 Å². The van der Waals surface area contributed by atoms with Crippen LogP contribution in [0, 0.1) is 0 Å². The van der Waals surface area contributed by atoms with Crippen LogP contribution in [0.1, 0.15) is 0 Å². The van der Waals surface area contributed by atoms with Crippen molar-refractivity contribution < 1.29 is 5.11 Å². The minimum Gasteiger partial charge on any atom is -0.507 e. The van der Waals surface area contributed by atoms with Crippen LogP contribution in [0.2, 0.25) is 0 Å². The highest BCUT2D eigenvalue weighted by atomic mass is 16.3. The van der Waals surface area contributed by atoms with Gasteiger partial charge in [-0.3, -0.25) is 0 Å². The van der Waals surface area contributed by atoms with Gasteiger partial charge in [0.15, 0.2) is 0 Å². The number of hydrogen-bond donors (Lipinski definition) is 3. The van der Waals surface area contributed by atoms with Gasteiger partial charge in [0.05, 0.1) is 5.69 Å². The van der Waals surface area contributed by atoms with E-state index in [1.54, 1.807) is 24.3 Å². The lowest BCUT2D eigenvalue weighted by molar-refractivity contribution is 0.477. The summed E-state index contributed by atoms with van der Waals surface area (Å²) in [6.07, 6.45) is 1.53. The fourth-order valence-electron chi connectivity index (χ4n) is 1.18. The van der Waals surface area contributed by atoms with Gasteiger partial charge >= 0.3 is 5.69 Å². The Hall–Kier alpha value is -1.97. The van der Waals surface area contributed by atoms with Gasteiger partial charge in [-0.05, 0) is 12.1 Å². The average molecular weight is 176 g/mol. The second kappa shape index (κ2) is 2.82. The quantitative estimate of drug-likeness (QED) is 0.608. The normalized spacial score (nSPS) is 10.2. The van der Waals surface area contributed by atoms with E-state index in [1.807, 2.05) is 0 Å². The lowest BCUT2D eigenvalue weighted by Gasteiger charge is -1.98. The Morgan fingerprint density at radius 1 is 1.23 bits per heavy atom. The first kappa shape index (κ1) is 7.67. The number of H-pyrrole nitrogens is 2. The molecular weight excluding hydrogens is 168 g/mol. The molecular formula is C9H8N2O2. The van der Waals surface area contributed by atoms with Crippen LogP contribution in [0.3, 0.4) is 0 Å². The van der Waals surface area contributed by atoms with Crippen LogP contribution in [0.5, 0.6) is 5.75 Å². The van der Waals surface area contributed by atoms with E-state index in [4.69, 9.17) is 0 Å². The number of nitrogens with one attached hydrogen (secondary N) is 2. The number of benzene rings is 1. The van der Waals surface area contributed by atoms with Crippen LogP contribution in [-0.2, 0) is 0 Å². The Morgan fingerprint density at radius 3 is 2.62 bits per heavy atom. The first-order valence-corrected chi connectivity index (χ1v) is 3.83. The van der Waals surface area contributed by atoms with Crippen LogP contribution in [-0.4, -0.2) is 15.1 Å². The summed E-state index contributed by atoms with van der Waals surface area (Å²) in [6.45, 7) is 0. The summed E-state index contributed by atoms with van der Waals surface area (Å²) in [6, 6.07) is 6.82. The highest BCUT2D eigenvalue weighted by molar-refractivity contribution is 5.65. The Kier molecular flexibility index (Phi) is 1.66. The van der Waals surface area contributed by atoms with Gasteiger partial charge in [-0.15, -0.1) is 0 Å². The fourth-order valence-corrected chi connectivity index (χ4v) is 1.18. The molecule has 2 aromatic rings. The van der Waals surface area contributed by atoms with Crippen molar-refractivity contribution >= 4 is 0 Å².